The minimum atomic E-state index is -0.855. The van der Waals surface area contributed by atoms with Crippen molar-refractivity contribution in [2.75, 3.05) is 13.1 Å². The van der Waals surface area contributed by atoms with Gasteiger partial charge in [0.25, 0.3) is 5.91 Å². The summed E-state index contributed by atoms with van der Waals surface area (Å²) < 4.78 is 4.94. The fourth-order valence-electron chi connectivity index (χ4n) is 2.54. The summed E-state index contributed by atoms with van der Waals surface area (Å²) >= 11 is 0. The molecular formula is C15H15N3O4. The maximum atomic E-state index is 12.5. The smallest absolute Gasteiger partial charge is 0.308 e. The van der Waals surface area contributed by atoms with E-state index >= 15 is 0 Å². The number of carboxylic acid groups (broad SMARTS) is 1. The van der Waals surface area contributed by atoms with E-state index in [1.54, 1.807) is 36.1 Å². The zero-order chi connectivity index (χ0) is 15.7. The molecule has 3 rings (SSSR count). The lowest BCUT2D eigenvalue weighted by atomic mass is 10.1. The summed E-state index contributed by atoms with van der Waals surface area (Å²) in [7, 11) is 0. The Morgan fingerprint density at radius 1 is 1.41 bits per heavy atom. The van der Waals surface area contributed by atoms with Crippen LogP contribution >= 0.6 is 0 Å². The molecule has 0 saturated carbocycles. The maximum Gasteiger partial charge on any atom is 0.308 e. The SMILES string of the molecule is Cc1nc(-c2cccc(C(=O)N3CC[C@H](C(=O)O)C3)c2)no1. The highest BCUT2D eigenvalue weighted by Gasteiger charge is 2.31. The Morgan fingerprint density at radius 2 is 2.23 bits per heavy atom. The van der Waals surface area contributed by atoms with Crippen LogP contribution in [-0.4, -0.2) is 45.1 Å². The van der Waals surface area contributed by atoms with Crippen molar-refractivity contribution in [3.8, 4) is 11.4 Å². The van der Waals surface area contributed by atoms with E-state index in [4.69, 9.17) is 9.63 Å². The molecule has 1 amide bonds. The molecule has 114 valence electrons. The number of hydrogen-bond acceptors (Lipinski definition) is 5. The van der Waals surface area contributed by atoms with Crippen LogP contribution in [0.25, 0.3) is 11.4 Å². The predicted octanol–water partition coefficient (Wildman–Crippen LogP) is 1.59. The highest BCUT2D eigenvalue weighted by Crippen LogP contribution is 2.22. The normalized spacial score (nSPS) is 17.7. The van der Waals surface area contributed by atoms with E-state index in [0.29, 0.717) is 35.8 Å². The van der Waals surface area contributed by atoms with Gasteiger partial charge in [0.15, 0.2) is 0 Å². The van der Waals surface area contributed by atoms with Gasteiger partial charge in [-0.25, -0.2) is 0 Å². The summed E-state index contributed by atoms with van der Waals surface area (Å²) in [6, 6.07) is 6.94. The molecule has 1 aromatic carbocycles. The number of aliphatic carboxylic acids is 1. The third kappa shape index (κ3) is 2.69. The van der Waals surface area contributed by atoms with Crippen molar-refractivity contribution in [2.24, 2.45) is 5.92 Å². The van der Waals surface area contributed by atoms with Gasteiger partial charge in [-0.3, -0.25) is 9.59 Å². The van der Waals surface area contributed by atoms with E-state index in [9.17, 15) is 9.59 Å². The largest absolute Gasteiger partial charge is 0.481 e. The Bertz CT molecular complexity index is 725. The van der Waals surface area contributed by atoms with Gasteiger partial charge in [0.05, 0.1) is 5.92 Å². The summed E-state index contributed by atoms with van der Waals surface area (Å²) in [5.74, 6) is -0.628. The minimum absolute atomic E-state index is 0.175. The summed E-state index contributed by atoms with van der Waals surface area (Å²) in [5, 5.41) is 12.8. The van der Waals surface area contributed by atoms with Gasteiger partial charge in [-0.15, -0.1) is 0 Å². The van der Waals surface area contributed by atoms with Gasteiger partial charge in [-0.05, 0) is 18.6 Å². The fraction of sp³-hybridized carbons (Fsp3) is 0.333. The van der Waals surface area contributed by atoms with Crippen molar-refractivity contribution < 1.29 is 19.2 Å². The highest BCUT2D eigenvalue weighted by atomic mass is 16.5. The Labute approximate surface area is 126 Å². The lowest BCUT2D eigenvalue weighted by Gasteiger charge is -2.16. The second kappa shape index (κ2) is 5.59. The molecule has 0 aliphatic carbocycles. The van der Waals surface area contributed by atoms with Crippen molar-refractivity contribution >= 4 is 11.9 Å². The molecular weight excluding hydrogens is 286 g/mol. The van der Waals surface area contributed by atoms with E-state index < -0.39 is 11.9 Å². The first-order valence-corrected chi connectivity index (χ1v) is 6.97. The number of hydrogen-bond donors (Lipinski definition) is 1. The summed E-state index contributed by atoms with van der Waals surface area (Å²) in [5.41, 5.74) is 1.18. The molecule has 1 saturated heterocycles. The summed E-state index contributed by atoms with van der Waals surface area (Å²) in [6.07, 6.45) is 0.491. The molecule has 1 N–H and O–H groups in total. The lowest BCUT2D eigenvalue weighted by molar-refractivity contribution is -0.141. The number of benzene rings is 1. The molecule has 7 nitrogen and oxygen atoms in total. The van der Waals surface area contributed by atoms with E-state index in [2.05, 4.69) is 10.1 Å². The summed E-state index contributed by atoms with van der Waals surface area (Å²) in [4.78, 5) is 29.2. The van der Waals surface area contributed by atoms with Gasteiger partial charge in [-0.1, -0.05) is 17.3 Å². The Morgan fingerprint density at radius 3 is 2.86 bits per heavy atom. The van der Waals surface area contributed by atoms with Gasteiger partial charge >= 0.3 is 5.97 Å². The second-order valence-electron chi connectivity index (χ2n) is 5.29. The van der Waals surface area contributed by atoms with Crippen LogP contribution in [-0.2, 0) is 4.79 Å². The van der Waals surface area contributed by atoms with Crippen molar-refractivity contribution in [3.05, 3.63) is 35.7 Å². The molecule has 2 aromatic rings. The second-order valence-corrected chi connectivity index (χ2v) is 5.29. The molecule has 1 aliphatic heterocycles. The van der Waals surface area contributed by atoms with E-state index in [1.165, 1.54) is 0 Å². The van der Waals surface area contributed by atoms with Crippen LogP contribution in [0.4, 0.5) is 0 Å². The third-order valence-corrected chi connectivity index (χ3v) is 3.72. The summed E-state index contributed by atoms with van der Waals surface area (Å²) in [6.45, 7) is 2.41. The average Bonchev–Trinajstić information content (AvgIpc) is 3.15. The number of carboxylic acids is 1. The van der Waals surface area contributed by atoms with E-state index in [0.717, 1.165) is 0 Å². The fourth-order valence-corrected chi connectivity index (χ4v) is 2.54. The van der Waals surface area contributed by atoms with Gasteiger partial charge in [0.2, 0.25) is 11.7 Å². The van der Waals surface area contributed by atoms with Crippen LogP contribution in [0.5, 0.6) is 0 Å². The average molecular weight is 301 g/mol. The van der Waals surface area contributed by atoms with E-state index in [1.807, 2.05) is 0 Å². The number of rotatable bonds is 3. The molecule has 0 bridgehead atoms. The molecule has 1 atom stereocenters. The number of likely N-dealkylation sites (tertiary alicyclic amines) is 1. The lowest BCUT2D eigenvalue weighted by Crippen LogP contribution is -2.29. The van der Waals surface area contributed by atoms with Gasteiger partial charge in [-0.2, -0.15) is 4.98 Å². The monoisotopic (exact) mass is 301 g/mol. The van der Waals surface area contributed by atoms with Crippen LogP contribution in [0, 0.1) is 12.8 Å². The van der Waals surface area contributed by atoms with Crippen molar-refractivity contribution in [1.29, 1.82) is 0 Å². The van der Waals surface area contributed by atoms with Gasteiger partial charge in [0, 0.05) is 31.1 Å². The van der Waals surface area contributed by atoms with Crippen molar-refractivity contribution in [2.45, 2.75) is 13.3 Å². The van der Waals surface area contributed by atoms with Crippen LogP contribution in [0.15, 0.2) is 28.8 Å². The molecule has 7 heteroatoms. The van der Waals surface area contributed by atoms with Crippen LogP contribution in [0.2, 0.25) is 0 Å². The quantitative estimate of drug-likeness (QED) is 0.924. The Kier molecular flexibility index (Phi) is 3.62. The third-order valence-electron chi connectivity index (χ3n) is 3.72. The number of nitrogens with zero attached hydrogens (tertiary/aromatic N) is 3. The van der Waals surface area contributed by atoms with Crippen LogP contribution in [0.3, 0.4) is 0 Å². The van der Waals surface area contributed by atoms with Gasteiger partial charge < -0.3 is 14.5 Å². The zero-order valence-corrected chi connectivity index (χ0v) is 12.0. The molecule has 2 heterocycles. The highest BCUT2D eigenvalue weighted by molar-refractivity contribution is 5.95. The number of carbonyl (C=O) groups excluding carboxylic acids is 1. The molecule has 1 aliphatic rings. The molecule has 0 unspecified atom stereocenters. The topological polar surface area (TPSA) is 96.5 Å². The minimum Gasteiger partial charge on any atom is -0.481 e. The Hall–Kier alpha value is -2.70. The molecule has 1 fully saturated rings. The van der Waals surface area contributed by atoms with Crippen LogP contribution in [0.1, 0.15) is 22.7 Å². The first-order chi connectivity index (χ1) is 10.5. The van der Waals surface area contributed by atoms with Crippen molar-refractivity contribution in [1.82, 2.24) is 15.0 Å². The van der Waals surface area contributed by atoms with Gasteiger partial charge in [0.1, 0.15) is 0 Å². The number of aryl methyl sites for hydroxylation is 1. The first kappa shape index (κ1) is 14.2. The van der Waals surface area contributed by atoms with Crippen molar-refractivity contribution in [3.63, 3.8) is 0 Å². The number of carbonyl (C=O) groups is 2. The van der Waals surface area contributed by atoms with Crippen LogP contribution < -0.4 is 0 Å². The Balaban J connectivity index is 1.80. The van der Waals surface area contributed by atoms with E-state index in [-0.39, 0.29) is 12.5 Å². The standard InChI is InChI=1S/C15H15N3O4/c1-9-16-13(17-22-9)10-3-2-4-11(7-10)14(19)18-6-5-12(8-18)15(20)21/h2-4,7,12H,5-6,8H2,1H3,(H,20,21)/t12-/m0/s1. The molecule has 0 spiro atoms. The number of aromatic nitrogens is 2. The maximum absolute atomic E-state index is 12.5. The molecule has 0 radical (unpaired) electrons. The molecule has 22 heavy (non-hydrogen) atoms. The zero-order valence-electron chi connectivity index (χ0n) is 12.0. The number of amides is 1. The molecule has 1 aromatic heterocycles. The predicted molar refractivity (Wildman–Crippen MR) is 76.1 cm³/mol. The first-order valence-electron chi connectivity index (χ1n) is 6.97.